The molecule has 0 saturated carbocycles. The highest BCUT2D eigenvalue weighted by molar-refractivity contribution is 6.70. The third-order valence-electron chi connectivity index (χ3n) is 1.46. The first kappa shape index (κ1) is 11.4. The molecule has 0 aromatic rings. The number of rotatable bonds is 4. The van der Waals surface area contributed by atoms with Gasteiger partial charge < -0.3 is 14.7 Å². The van der Waals surface area contributed by atoms with Gasteiger partial charge in [0.15, 0.2) is 0 Å². The van der Waals surface area contributed by atoms with Crippen LogP contribution >= 0.6 is 0 Å². The van der Waals surface area contributed by atoms with Gasteiger partial charge in [-0.25, -0.2) is 4.79 Å². The van der Waals surface area contributed by atoms with Crippen LogP contribution in [0.25, 0.3) is 0 Å². The molecule has 2 N–H and O–H groups in total. The standard InChI is InChI=1S/C7H17FN2OSi/c1-9-7(11)10-5-4-6-12(2,3)8/h4-6H2,1-3H3,(H2,9,10,11). The van der Waals surface area contributed by atoms with Gasteiger partial charge in [-0.3, -0.25) is 0 Å². The lowest BCUT2D eigenvalue weighted by Crippen LogP contribution is -2.34. The number of carbonyl (C=O) groups excluding carboxylic acids is 1. The molecular formula is C7H17FN2OSi. The molecule has 0 saturated heterocycles. The Morgan fingerprint density at radius 2 is 2.08 bits per heavy atom. The number of carbonyl (C=O) groups is 1. The molecular weight excluding hydrogens is 175 g/mol. The van der Waals surface area contributed by atoms with Gasteiger partial charge >= 0.3 is 6.03 Å². The molecule has 0 aromatic heterocycles. The predicted octanol–water partition coefficient (Wildman–Crippen LogP) is 1.48. The minimum Gasteiger partial charge on any atom is -0.341 e. The van der Waals surface area contributed by atoms with Crippen LogP contribution in [0.4, 0.5) is 8.90 Å². The van der Waals surface area contributed by atoms with Crippen LogP contribution < -0.4 is 10.6 Å². The fourth-order valence-electron chi connectivity index (χ4n) is 0.799. The molecule has 0 aliphatic heterocycles. The Kier molecular flexibility index (Phi) is 4.88. The smallest absolute Gasteiger partial charge is 0.314 e. The number of amides is 2. The van der Waals surface area contributed by atoms with E-state index in [9.17, 15) is 8.90 Å². The molecule has 0 aromatic carbocycles. The summed E-state index contributed by atoms with van der Waals surface area (Å²) < 4.78 is 13.0. The van der Waals surface area contributed by atoms with Crippen LogP contribution in [0, 0.1) is 0 Å². The molecule has 0 rings (SSSR count). The van der Waals surface area contributed by atoms with Gasteiger partial charge in [-0.2, -0.15) is 0 Å². The molecule has 0 bridgehead atoms. The number of halogens is 1. The van der Waals surface area contributed by atoms with E-state index in [0.29, 0.717) is 12.6 Å². The highest BCUT2D eigenvalue weighted by atomic mass is 28.4. The van der Waals surface area contributed by atoms with E-state index in [4.69, 9.17) is 0 Å². The molecule has 0 heterocycles. The zero-order chi connectivity index (χ0) is 9.61. The van der Waals surface area contributed by atoms with Gasteiger partial charge in [-0.1, -0.05) is 0 Å². The summed E-state index contributed by atoms with van der Waals surface area (Å²) in [6, 6.07) is 0.408. The van der Waals surface area contributed by atoms with Crippen LogP contribution in [0.1, 0.15) is 6.42 Å². The summed E-state index contributed by atoms with van der Waals surface area (Å²) in [6.45, 7) is 3.90. The van der Waals surface area contributed by atoms with E-state index in [0.717, 1.165) is 6.42 Å². The lowest BCUT2D eigenvalue weighted by molar-refractivity contribution is 0.243. The van der Waals surface area contributed by atoms with Gasteiger partial charge in [0.25, 0.3) is 0 Å². The summed E-state index contributed by atoms with van der Waals surface area (Å²) in [7, 11) is -0.852. The van der Waals surface area contributed by atoms with Gasteiger partial charge in [0.1, 0.15) is 0 Å². The average molecular weight is 192 g/mol. The SMILES string of the molecule is CNC(=O)NCCC[Si](C)(C)F. The Labute approximate surface area is 73.9 Å². The van der Waals surface area contributed by atoms with E-state index in [1.807, 2.05) is 0 Å². The zero-order valence-electron chi connectivity index (χ0n) is 7.91. The Bertz CT molecular complexity index is 147. The van der Waals surface area contributed by atoms with Gasteiger partial charge in [0, 0.05) is 13.6 Å². The third-order valence-corrected chi connectivity index (χ3v) is 3.00. The second-order valence-corrected chi connectivity index (χ2v) is 7.27. The largest absolute Gasteiger partial charge is 0.341 e. The molecule has 72 valence electrons. The van der Waals surface area contributed by atoms with Crippen molar-refractivity contribution < 1.29 is 8.90 Å². The first-order valence-electron chi connectivity index (χ1n) is 4.10. The van der Waals surface area contributed by atoms with Crippen molar-refractivity contribution in [3.05, 3.63) is 0 Å². The summed E-state index contributed by atoms with van der Waals surface area (Å²) in [5.41, 5.74) is 0. The van der Waals surface area contributed by atoms with Crippen molar-refractivity contribution in [3.8, 4) is 0 Å². The van der Waals surface area contributed by atoms with Crippen LogP contribution in [0.15, 0.2) is 0 Å². The van der Waals surface area contributed by atoms with Crippen LogP contribution in [-0.2, 0) is 0 Å². The summed E-state index contributed by atoms with van der Waals surface area (Å²) >= 11 is 0. The van der Waals surface area contributed by atoms with Crippen molar-refractivity contribution in [2.45, 2.75) is 25.6 Å². The molecule has 12 heavy (non-hydrogen) atoms. The van der Waals surface area contributed by atoms with E-state index in [-0.39, 0.29) is 6.03 Å². The van der Waals surface area contributed by atoms with Crippen molar-refractivity contribution in [2.75, 3.05) is 13.6 Å². The average Bonchev–Trinajstić information content (AvgIpc) is 1.96. The topological polar surface area (TPSA) is 41.1 Å². The molecule has 2 amide bonds. The monoisotopic (exact) mass is 192 g/mol. The number of hydrogen-bond donors (Lipinski definition) is 2. The summed E-state index contributed by atoms with van der Waals surface area (Å²) in [5, 5.41) is 5.04. The second kappa shape index (κ2) is 5.13. The Morgan fingerprint density at radius 3 is 2.50 bits per heavy atom. The fourth-order valence-corrected chi connectivity index (χ4v) is 1.82. The van der Waals surface area contributed by atoms with E-state index < -0.39 is 8.41 Å². The first-order valence-corrected chi connectivity index (χ1v) is 7.19. The lowest BCUT2D eigenvalue weighted by Gasteiger charge is -2.10. The number of hydrogen-bond acceptors (Lipinski definition) is 1. The van der Waals surface area contributed by atoms with Gasteiger partial charge in [-0.05, 0) is 25.6 Å². The fraction of sp³-hybridized carbons (Fsp3) is 0.857. The van der Waals surface area contributed by atoms with Crippen molar-refractivity contribution in [1.82, 2.24) is 10.6 Å². The minimum atomic E-state index is -2.41. The Balaban J connectivity index is 3.28. The molecule has 0 fully saturated rings. The molecule has 0 aliphatic carbocycles. The van der Waals surface area contributed by atoms with Crippen LogP contribution in [0.3, 0.4) is 0 Å². The summed E-state index contributed by atoms with van der Waals surface area (Å²) in [6.07, 6.45) is 0.725. The quantitative estimate of drug-likeness (QED) is 0.395. The number of urea groups is 1. The summed E-state index contributed by atoms with van der Waals surface area (Å²) in [4.78, 5) is 10.6. The maximum absolute atomic E-state index is 13.0. The normalized spacial score (nSPS) is 11.0. The molecule has 3 nitrogen and oxygen atoms in total. The van der Waals surface area contributed by atoms with Gasteiger partial charge in [0.2, 0.25) is 8.41 Å². The Hall–Kier alpha value is -0.583. The molecule has 0 radical (unpaired) electrons. The highest BCUT2D eigenvalue weighted by Gasteiger charge is 2.18. The van der Waals surface area contributed by atoms with E-state index in [1.165, 1.54) is 0 Å². The highest BCUT2D eigenvalue weighted by Crippen LogP contribution is 2.11. The van der Waals surface area contributed by atoms with Crippen LogP contribution in [0.2, 0.25) is 19.1 Å². The van der Waals surface area contributed by atoms with Crippen molar-refractivity contribution in [2.24, 2.45) is 0 Å². The maximum atomic E-state index is 13.0. The lowest BCUT2D eigenvalue weighted by atomic mass is 10.5. The Morgan fingerprint density at radius 1 is 1.50 bits per heavy atom. The molecule has 0 unspecified atom stereocenters. The van der Waals surface area contributed by atoms with E-state index in [1.54, 1.807) is 20.1 Å². The predicted molar refractivity (Wildman–Crippen MR) is 50.5 cm³/mol. The molecule has 0 spiro atoms. The molecule has 5 heteroatoms. The summed E-state index contributed by atoms with van der Waals surface area (Å²) in [5.74, 6) is 0. The van der Waals surface area contributed by atoms with Crippen molar-refractivity contribution in [1.29, 1.82) is 0 Å². The first-order chi connectivity index (χ1) is 5.45. The second-order valence-electron chi connectivity index (χ2n) is 3.33. The van der Waals surface area contributed by atoms with Gasteiger partial charge in [-0.15, -0.1) is 0 Å². The van der Waals surface area contributed by atoms with Crippen molar-refractivity contribution in [3.63, 3.8) is 0 Å². The minimum absolute atomic E-state index is 0.201. The van der Waals surface area contributed by atoms with Gasteiger partial charge in [0.05, 0.1) is 0 Å². The molecule has 0 atom stereocenters. The number of nitrogens with one attached hydrogen (secondary N) is 2. The van der Waals surface area contributed by atoms with Crippen molar-refractivity contribution >= 4 is 14.4 Å². The van der Waals surface area contributed by atoms with Crippen LogP contribution in [-0.4, -0.2) is 28.0 Å². The van der Waals surface area contributed by atoms with E-state index >= 15 is 0 Å². The molecule has 0 aliphatic rings. The maximum Gasteiger partial charge on any atom is 0.314 e. The third kappa shape index (κ3) is 7.52. The van der Waals surface area contributed by atoms with Crippen LogP contribution in [0.5, 0.6) is 0 Å². The zero-order valence-corrected chi connectivity index (χ0v) is 8.91. The van der Waals surface area contributed by atoms with E-state index in [2.05, 4.69) is 10.6 Å².